The second kappa shape index (κ2) is 5.96. The van der Waals surface area contributed by atoms with Crippen LogP contribution in [-0.2, 0) is 4.74 Å². The van der Waals surface area contributed by atoms with E-state index in [9.17, 15) is 4.79 Å². The number of benzene rings is 1. The van der Waals surface area contributed by atoms with E-state index in [1.807, 2.05) is 0 Å². The number of hydrogen-bond donors (Lipinski definition) is 2. The van der Waals surface area contributed by atoms with Gasteiger partial charge in [-0.1, -0.05) is 16.8 Å². The number of carbonyl (C=O) groups is 1. The van der Waals surface area contributed by atoms with Gasteiger partial charge in [0.25, 0.3) is 0 Å². The van der Waals surface area contributed by atoms with Crippen LogP contribution < -0.4 is 5.43 Å². The number of ether oxygens (including phenoxy) is 1. The maximum absolute atomic E-state index is 11.3. The Morgan fingerprint density at radius 2 is 2.16 bits per heavy atom. The molecule has 0 saturated carbocycles. The van der Waals surface area contributed by atoms with E-state index in [0.717, 1.165) is 0 Å². The highest BCUT2D eigenvalue weighted by Crippen LogP contribution is 2.16. The van der Waals surface area contributed by atoms with Crippen LogP contribution in [0.5, 0.6) is 0 Å². The lowest BCUT2D eigenvalue weighted by molar-refractivity contribution is 0.0595. The van der Waals surface area contributed by atoms with E-state index in [1.165, 1.54) is 13.4 Å². The van der Waals surface area contributed by atoms with Crippen molar-refractivity contribution in [2.75, 3.05) is 12.5 Å². The molecule has 0 radical (unpaired) electrons. The van der Waals surface area contributed by atoms with Crippen molar-refractivity contribution in [3.05, 3.63) is 41.3 Å². The Bertz CT molecular complexity index is 593. The molecule has 0 bridgehead atoms. The number of hydrogen-bond acceptors (Lipinski definition) is 5. The molecular formula is C11H10ClN5O2. The first-order valence-electron chi connectivity index (χ1n) is 5.24. The van der Waals surface area contributed by atoms with Crippen LogP contribution in [0, 0.1) is 0 Å². The van der Waals surface area contributed by atoms with Gasteiger partial charge in [-0.15, -0.1) is 5.11 Å². The zero-order chi connectivity index (χ0) is 13.7. The number of aromatic nitrogens is 2. The summed E-state index contributed by atoms with van der Waals surface area (Å²) < 4.78 is 4.57. The minimum Gasteiger partial charge on any atom is -0.464 e. The van der Waals surface area contributed by atoms with Crippen molar-refractivity contribution in [3.63, 3.8) is 0 Å². The van der Waals surface area contributed by atoms with E-state index >= 15 is 0 Å². The summed E-state index contributed by atoms with van der Waals surface area (Å²) in [6, 6.07) is 6.92. The van der Waals surface area contributed by atoms with Crippen LogP contribution in [-0.4, -0.2) is 23.0 Å². The lowest BCUT2D eigenvalue weighted by atomic mass is 10.3. The van der Waals surface area contributed by atoms with Gasteiger partial charge in [-0.05, 0) is 24.3 Å². The van der Waals surface area contributed by atoms with Crippen LogP contribution >= 0.6 is 11.6 Å². The Balaban J connectivity index is 2.05. The third-order valence-corrected chi connectivity index (χ3v) is 2.43. The van der Waals surface area contributed by atoms with Crippen LogP contribution in [0.2, 0.25) is 5.02 Å². The van der Waals surface area contributed by atoms with Crippen molar-refractivity contribution in [2.45, 2.75) is 0 Å². The molecule has 7 nitrogen and oxygen atoms in total. The van der Waals surface area contributed by atoms with Crippen LogP contribution in [0.3, 0.4) is 0 Å². The summed E-state index contributed by atoms with van der Waals surface area (Å²) in [5.41, 5.74) is 3.54. The number of anilines is 1. The normalized spacial score (nSPS) is 10.6. The predicted octanol–water partition coefficient (Wildman–Crippen LogP) is 2.96. The molecule has 0 aliphatic rings. The van der Waals surface area contributed by atoms with Gasteiger partial charge in [0.2, 0.25) is 5.82 Å². The lowest BCUT2D eigenvalue weighted by Crippen LogP contribution is -2.01. The second-order valence-corrected chi connectivity index (χ2v) is 3.85. The average Bonchev–Trinajstić information content (AvgIpc) is 2.88. The van der Waals surface area contributed by atoms with E-state index in [-0.39, 0.29) is 11.5 Å². The number of esters is 1. The van der Waals surface area contributed by atoms with E-state index < -0.39 is 5.97 Å². The van der Waals surface area contributed by atoms with Gasteiger partial charge < -0.3 is 9.72 Å². The van der Waals surface area contributed by atoms with Crippen molar-refractivity contribution in [2.24, 2.45) is 10.3 Å². The van der Waals surface area contributed by atoms with Gasteiger partial charge in [0.05, 0.1) is 19.1 Å². The van der Waals surface area contributed by atoms with Crippen molar-refractivity contribution < 1.29 is 9.53 Å². The minimum atomic E-state index is -0.557. The number of carbonyl (C=O) groups excluding carboxylic acids is 1. The number of aromatic amines is 1. The SMILES string of the molecule is COC(=O)c1[nH]cnc1N=NNc1ccc(Cl)cc1. The van der Waals surface area contributed by atoms with Crippen molar-refractivity contribution in [1.82, 2.24) is 9.97 Å². The fraction of sp³-hybridized carbons (Fsp3) is 0.0909. The Morgan fingerprint density at radius 3 is 2.84 bits per heavy atom. The fourth-order valence-corrected chi connectivity index (χ4v) is 1.40. The fourth-order valence-electron chi connectivity index (χ4n) is 1.27. The monoisotopic (exact) mass is 279 g/mol. The predicted molar refractivity (Wildman–Crippen MR) is 69.5 cm³/mol. The number of rotatable bonds is 4. The van der Waals surface area contributed by atoms with E-state index in [2.05, 4.69) is 30.5 Å². The van der Waals surface area contributed by atoms with Gasteiger partial charge in [-0.3, -0.25) is 5.43 Å². The highest BCUT2D eigenvalue weighted by atomic mass is 35.5. The molecule has 98 valence electrons. The van der Waals surface area contributed by atoms with Gasteiger partial charge in [0, 0.05) is 5.02 Å². The third kappa shape index (κ3) is 3.29. The molecule has 0 atom stereocenters. The zero-order valence-corrected chi connectivity index (χ0v) is 10.7. The number of methoxy groups -OCH3 is 1. The molecular weight excluding hydrogens is 270 g/mol. The first-order valence-corrected chi connectivity index (χ1v) is 5.62. The molecule has 1 aromatic heterocycles. The summed E-state index contributed by atoms with van der Waals surface area (Å²) in [5.74, 6) is -0.411. The largest absolute Gasteiger partial charge is 0.464 e. The number of halogens is 1. The minimum absolute atomic E-state index is 0.143. The second-order valence-electron chi connectivity index (χ2n) is 3.41. The first kappa shape index (κ1) is 13.0. The van der Waals surface area contributed by atoms with E-state index in [1.54, 1.807) is 24.3 Å². The van der Waals surface area contributed by atoms with E-state index in [4.69, 9.17) is 11.6 Å². The van der Waals surface area contributed by atoms with Gasteiger partial charge in [0.1, 0.15) is 0 Å². The Kier molecular flexibility index (Phi) is 4.09. The number of nitrogens with zero attached hydrogens (tertiary/aromatic N) is 3. The molecule has 0 spiro atoms. The Hall–Kier alpha value is -2.41. The van der Waals surface area contributed by atoms with Crippen LogP contribution in [0.15, 0.2) is 40.9 Å². The summed E-state index contributed by atoms with van der Waals surface area (Å²) in [5, 5.41) is 8.15. The lowest BCUT2D eigenvalue weighted by Gasteiger charge is -1.98. The first-order chi connectivity index (χ1) is 9.20. The summed E-state index contributed by atoms with van der Waals surface area (Å²) in [7, 11) is 1.27. The molecule has 0 amide bonds. The van der Waals surface area contributed by atoms with Gasteiger partial charge in [-0.2, -0.15) is 0 Å². The standard InChI is InChI=1S/C11H10ClN5O2/c1-19-11(18)9-10(14-6-13-9)16-17-15-8-4-2-7(12)3-5-8/h2-6H,1H3,(H,13,14)(H,15,16). The molecule has 8 heteroatoms. The summed E-state index contributed by atoms with van der Waals surface area (Å²) in [4.78, 5) is 17.8. The highest BCUT2D eigenvalue weighted by molar-refractivity contribution is 6.30. The van der Waals surface area contributed by atoms with Crippen molar-refractivity contribution in [1.29, 1.82) is 0 Å². The average molecular weight is 280 g/mol. The van der Waals surface area contributed by atoms with Crippen molar-refractivity contribution in [3.8, 4) is 0 Å². The van der Waals surface area contributed by atoms with E-state index in [0.29, 0.717) is 10.7 Å². The quantitative estimate of drug-likeness (QED) is 0.511. The smallest absolute Gasteiger partial charge is 0.358 e. The zero-order valence-electron chi connectivity index (χ0n) is 9.92. The van der Waals surface area contributed by atoms with Gasteiger partial charge in [-0.25, -0.2) is 9.78 Å². The highest BCUT2D eigenvalue weighted by Gasteiger charge is 2.13. The summed E-state index contributed by atoms with van der Waals surface area (Å²) >= 11 is 5.75. The molecule has 1 heterocycles. The molecule has 0 saturated heterocycles. The van der Waals surface area contributed by atoms with Crippen LogP contribution in [0.1, 0.15) is 10.5 Å². The summed E-state index contributed by atoms with van der Waals surface area (Å²) in [6.07, 6.45) is 1.34. The molecule has 0 aliphatic heterocycles. The van der Waals surface area contributed by atoms with Crippen molar-refractivity contribution >= 4 is 29.1 Å². The maximum atomic E-state index is 11.3. The molecule has 1 aromatic carbocycles. The molecule has 19 heavy (non-hydrogen) atoms. The molecule has 2 aromatic rings. The summed E-state index contributed by atoms with van der Waals surface area (Å²) in [6.45, 7) is 0. The van der Waals surface area contributed by atoms with Gasteiger partial charge >= 0.3 is 5.97 Å². The van der Waals surface area contributed by atoms with Crippen LogP contribution in [0.25, 0.3) is 0 Å². The third-order valence-electron chi connectivity index (χ3n) is 2.18. The topological polar surface area (TPSA) is 91.7 Å². The number of H-pyrrole nitrogens is 1. The molecule has 0 unspecified atom stereocenters. The number of imidazole rings is 1. The molecule has 2 rings (SSSR count). The van der Waals surface area contributed by atoms with Gasteiger partial charge in [0.15, 0.2) is 5.69 Å². The Labute approximate surface area is 113 Å². The van der Waals surface area contributed by atoms with Crippen LogP contribution in [0.4, 0.5) is 11.5 Å². The molecule has 2 N–H and O–H groups in total. The molecule has 0 aliphatic carbocycles. The Morgan fingerprint density at radius 1 is 1.42 bits per heavy atom. The maximum Gasteiger partial charge on any atom is 0.358 e. The molecule has 0 fully saturated rings. The number of nitrogens with one attached hydrogen (secondary N) is 2.